The first-order valence-electron chi connectivity index (χ1n) is 6.67. The fraction of sp³-hybridized carbons (Fsp3) is 1.00. The summed E-state index contributed by atoms with van der Waals surface area (Å²) in [6.45, 7) is 8.53. The van der Waals surface area contributed by atoms with Crippen molar-refractivity contribution in [2.45, 2.75) is 39.2 Å². The lowest BCUT2D eigenvalue weighted by Gasteiger charge is -2.34. The summed E-state index contributed by atoms with van der Waals surface area (Å²) in [6.07, 6.45) is 3.75. The van der Waals surface area contributed by atoms with Gasteiger partial charge in [-0.25, -0.2) is 0 Å². The number of piperidine rings is 1. The summed E-state index contributed by atoms with van der Waals surface area (Å²) in [5.41, 5.74) is 0. The van der Waals surface area contributed by atoms with Gasteiger partial charge in [0, 0.05) is 6.04 Å². The monoisotopic (exact) mass is 228 g/mol. The van der Waals surface area contributed by atoms with E-state index in [1.807, 2.05) is 7.05 Å². The van der Waals surface area contributed by atoms with Gasteiger partial charge in [-0.05, 0) is 57.8 Å². The number of rotatable bonds is 6. The summed E-state index contributed by atoms with van der Waals surface area (Å²) >= 11 is 0. The minimum absolute atomic E-state index is 0.249. The molecule has 1 unspecified atom stereocenters. The van der Waals surface area contributed by atoms with Crippen LogP contribution in [0.4, 0.5) is 0 Å². The predicted molar refractivity (Wildman–Crippen MR) is 68.6 cm³/mol. The normalized spacial score (nSPS) is 21.6. The number of aliphatic hydroxyl groups is 1. The maximum atomic E-state index is 9.09. The van der Waals surface area contributed by atoms with Gasteiger partial charge >= 0.3 is 0 Å². The van der Waals surface area contributed by atoms with Crippen LogP contribution in [0.3, 0.4) is 0 Å². The van der Waals surface area contributed by atoms with Crippen LogP contribution in [0.5, 0.6) is 0 Å². The highest BCUT2D eigenvalue weighted by Gasteiger charge is 2.21. The molecule has 1 aliphatic heterocycles. The van der Waals surface area contributed by atoms with E-state index >= 15 is 0 Å². The number of hydrogen-bond donors (Lipinski definition) is 2. The molecular formula is C13H28N2O. The highest BCUT2D eigenvalue weighted by atomic mass is 16.3. The second-order valence-electron chi connectivity index (χ2n) is 5.38. The number of likely N-dealkylation sites (N-methyl/N-ethyl adjacent to an activating group) is 1. The molecule has 3 heteroatoms. The molecule has 0 aliphatic carbocycles. The average Bonchev–Trinajstić information content (AvgIpc) is 2.31. The zero-order chi connectivity index (χ0) is 12.0. The van der Waals surface area contributed by atoms with Gasteiger partial charge in [0.25, 0.3) is 0 Å². The summed E-state index contributed by atoms with van der Waals surface area (Å²) in [5, 5.41) is 12.2. The zero-order valence-electron chi connectivity index (χ0n) is 11.1. The Balaban J connectivity index is 2.17. The van der Waals surface area contributed by atoms with E-state index in [0.29, 0.717) is 0 Å². The van der Waals surface area contributed by atoms with Gasteiger partial charge in [-0.2, -0.15) is 0 Å². The first-order chi connectivity index (χ1) is 7.67. The maximum absolute atomic E-state index is 9.09. The van der Waals surface area contributed by atoms with E-state index in [4.69, 9.17) is 5.11 Å². The highest BCUT2D eigenvalue weighted by Crippen LogP contribution is 2.24. The minimum atomic E-state index is 0.249. The molecule has 1 saturated heterocycles. The second kappa shape index (κ2) is 7.25. The van der Waals surface area contributed by atoms with Gasteiger partial charge in [-0.1, -0.05) is 13.8 Å². The molecule has 0 aromatic rings. The Morgan fingerprint density at radius 1 is 1.31 bits per heavy atom. The van der Waals surface area contributed by atoms with Crippen molar-refractivity contribution in [3.63, 3.8) is 0 Å². The number of likely N-dealkylation sites (tertiary alicyclic amines) is 1. The van der Waals surface area contributed by atoms with Gasteiger partial charge in [0.2, 0.25) is 0 Å². The van der Waals surface area contributed by atoms with Gasteiger partial charge in [0.15, 0.2) is 0 Å². The topological polar surface area (TPSA) is 35.5 Å². The molecule has 0 aromatic carbocycles. The lowest BCUT2D eigenvalue weighted by Crippen LogP contribution is -2.39. The van der Waals surface area contributed by atoms with Gasteiger partial charge in [-0.3, -0.25) is 0 Å². The smallest absolute Gasteiger partial charge is 0.0585 e. The van der Waals surface area contributed by atoms with E-state index in [0.717, 1.165) is 24.8 Å². The van der Waals surface area contributed by atoms with Crippen molar-refractivity contribution in [1.82, 2.24) is 10.2 Å². The maximum Gasteiger partial charge on any atom is 0.0585 e. The van der Waals surface area contributed by atoms with E-state index in [1.54, 1.807) is 0 Å². The molecule has 0 aromatic heterocycles. The van der Waals surface area contributed by atoms with Crippen molar-refractivity contribution in [3.05, 3.63) is 0 Å². The van der Waals surface area contributed by atoms with Crippen molar-refractivity contribution in [3.8, 4) is 0 Å². The largest absolute Gasteiger partial charge is 0.395 e. The fourth-order valence-electron chi connectivity index (χ4n) is 2.51. The summed E-state index contributed by atoms with van der Waals surface area (Å²) in [6, 6.07) is 0.267. The van der Waals surface area contributed by atoms with E-state index in [9.17, 15) is 0 Å². The number of hydrogen-bond acceptors (Lipinski definition) is 3. The molecule has 3 nitrogen and oxygen atoms in total. The third kappa shape index (κ3) is 4.40. The Kier molecular flexibility index (Phi) is 6.32. The Hall–Kier alpha value is -0.120. The molecule has 0 radical (unpaired) electrons. The second-order valence-corrected chi connectivity index (χ2v) is 5.38. The van der Waals surface area contributed by atoms with Gasteiger partial charge < -0.3 is 15.3 Å². The van der Waals surface area contributed by atoms with Crippen molar-refractivity contribution >= 4 is 0 Å². The van der Waals surface area contributed by atoms with Crippen LogP contribution in [-0.4, -0.2) is 49.3 Å². The molecule has 0 saturated carbocycles. The summed E-state index contributed by atoms with van der Waals surface area (Å²) < 4.78 is 0. The number of aliphatic hydroxyl groups excluding tert-OH is 1. The van der Waals surface area contributed by atoms with Crippen LogP contribution in [0.15, 0.2) is 0 Å². The van der Waals surface area contributed by atoms with Crippen LogP contribution in [0.1, 0.15) is 33.1 Å². The molecular weight excluding hydrogens is 200 g/mol. The van der Waals surface area contributed by atoms with Crippen LogP contribution in [0, 0.1) is 11.8 Å². The molecule has 96 valence electrons. The van der Waals surface area contributed by atoms with Gasteiger partial charge in [-0.15, -0.1) is 0 Å². The molecule has 0 bridgehead atoms. The summed E-state index contributed by atoms with van der Waals surface area (Å²) in [4.78, 5) is 2.54. The quantitative estimate of drug-likeness (QED) is 0.720. The molecule has 1 atom stereocenters. The van der Waals surface area contributed by atoms with Crippen LogP contribution in [0.2, 0.25) is 0 Å². The van der Waals surface area contributed by atoms with Crippen molar-refractivity contribution in [2.75, 3.05) is 33.3 Å². The Morgan fingerprint density at radius 3 is 2.38 bits per heavy atom. The average molecular weight is 228 g/mol. The summed E-state index contributed by atoms with van der Waals surface area (Å²) in [7, 11) is 1.92. The van der Waals surface area contributed by atoms with E-state index in [-0.39, 0.29) is 12.6 Å². The number of nitrogens with zero attached hydrogens (tertiary/aromatic N) is 1. The lowest BCUT2D eigenvalue weighted by atomic mass is 9.86. The third-order valence-electron chi connectivity index (χ3n) is 4.00. The van der Waals surface area contributed by atoms with Crippen molar-refractivity contribution in [1.29, 1.82) is 0 Å². The van der Waals surface area contributed by atoms with Crippen LogP contribution < -0.4 is 5.32 Å². The first kappa shape index (κ1) is 13.9. The lowest BCUT2D eigenvalue weighted by molar-refractivity contribution is 0.145. The van der Waals surface area contributed by atoms with Crippen molar-refractivity contribution in [2.24, 2.45) is 11.8 Å². The van der Waals surface area contributed by atoms with Gasteiger partial charge in [0.1, 0.15) is 0 Å². The third-order valence-corrected chi connectivity index (χ3v) is 4.00. The zero-order valence-corrected chi connectivity index (χ0v) is 11.1. The SMILES string of the molecule is CNC(CO)CCN1CCC(C(C)C)CC1. The molecule has 16 heavy (non-hydrogen) atoms. The fourth-order valence-corrected chi connectivity index (χ4v) is 2.51. The molecule has 1 heterocycles. The van der Waals surface area contributed by atoms with Crippen LogP contribution >= 0.6 is 0 Å². The molecule has 0 spiro atoms. The molecule has 2 N–H and O–H groups in total. The minimum Gasteiger partial charge on any atom is -0.395 e. The molecule has 1 fully saturated rings. The predicted octanol–water partition coefficient (Wildman–Crippen LogP) is 1.32. The standard InChI is InChI=1S/C13H28N2O/c1-11(2)12-4-7-15(8-5-12)9-6-13(10-16)14-3/h11-14,16H,4-10H2,1-3H3. The Bertz CT molecular complexity index is 173. The van der Waals surface area contributed by atoms with Crippen molar-refractivity contribution < 1.29 is 5.11 Å². The van der Waals surface area contributed by atoms with Crippen LogP contribution in [0.25, 0.3) is 0 Å². The van der Waals surface area contributed by atoms with Gasteiger partial charge in [0.05, 0.1) is 6.61 Å². The van der Waals surface area contributed by atoms with E-state index in [1.165, 1.54) is 25.9 Å². The highest BCUT2D eigenvalue weighted by molar-refractivity contribution is 4.75. The number of nitrogens with one attached hydrogen (secondary N) is 1. The first-order valence-corrected chi connectivity index (χ1v) is 6.67. The molecule has 1 aliphatic rings. The summed E-state index contributed by atoms with van der Waals surface area (Å²) in [5.74, 6) is 1.76. The van der Waals surface area contributed by atoms with E-state index in [2.05, 4.69) is 24.1 Å². The van der Waals surface area contributed by atoms with Crippen LogP contribution in [-0.2, 0) is 0 Å². The Morgan fingerprint density at radius 2 is 1.94 bits per heavy atom. The Labute approximate surface area is 100 Å². The van der Waals surface area contributed by atoms with E-state index < -0.39 is 0 Å². The molecule has 1 rings (SSSR count). The molecule has 0 amide bonds.